The van der Waals surface area contributed by atoms with Gasteiger partial charge in [0.05, 0.1) is 18.2 Å². The summed E-state index contributed by atoms with van der Waals surface area (Å²) in [6.45, 7) is 13.2. The molecule has 4 atom stereocenters. The van der Waals surface area contributed by atoms with E-state index in [-0.39, 0.29) is 42.0 Å². The second-order valence-electron chi connectivity index (χ2n) is 7.75. The van der Waals surface area contributed by atoms with Crippen LogP contribution in [0.5, 0.6) is 0 Å². The van der Waals surface area contributed by atoms with E-state index in [4.69, 9.17) is 4.74 Å². The maximum absolute atomic E-state index is 12.9. The predicted molar refractivity (Wildman–Crippen MR) is 93.6 cm³/mol. The highest BCUT2D eigenvalue weighted by molar-refractivity contribution is 5.82. The predicted octanol–water partition coefficient (Wildman–Crippen LogP) is 1.25. The van der Waals surface area contributed by atoms with Gasteiger partial charge in [0.1, 0.15) is 0 Å². The molecule has 0 aliphatic carbocycles. The molecule has 0 radical (unpaired) electrons. The third-order valence-corrected chi connectivity index (χ3v) is 4.80. The van der Waals surface area contributed by atoms with E-state index in [0.717, 1.165) is 26.1 Å². The number of carbonyl (C=O) groups excluding carboxylic acids is 2. The van der Waals surface area contributed by atoms with E-state index in [9.17, 15) is 9.59 Å². The van der Waals surface area contributed by atoms with Gasteiger partial charge in [-0.05, 0) is 33.1 Å². The first-order valence-corrected chi connectivity index (χ1v) is 9.25. The fourth-order valence-electron chi connectivity index (χ4n) is 3.94. The van der Waals surface area contributed by atoms with Crippen molar-refractivity contribution in [3.05, 3.63) is 0 Å². The van der Waals surface area contributed by atoms with E-state index in [2.05, 4.69) is 37.9 Å². The van der Waals surface area contributed by atoms with Crippen molar-refractivity contribution in [2.45, 2.75) is 71.8 Å². The molecule has 138 valence electrons. The summed E-state index contributed by atoms with van der Waals surface area (Å²) >= 11 is 0. The van der Waals surface area contributed by atoms with Crippen LogP contribution in [0.4, 0.5) is 0 Å². The first-order chi connectivity index (χ1) is 11.3. The molecule has 24 heavy (non-hydrogen) atoms. The zero-order chi connectivity index (χ0) is 17.9. The van der Waals surface area contributed by atoms with Gasteiger partial charge in [-0.1, -0.05) is 13.8 Å². The summed E-state index contributed by atoms with van der Waals surface area (Å²) in [5, 5.41) is 3.12. The van der Waals surface area contributed by atoms with Crippen LogP contribution in [-0.2, 0) is 14.3 Å². The van der Waals surface area contributed by atoms with E-state index in [1.165, 1.54) is 0 Å². The summed E-state index contributed by atoms with van der Waals surface area (Å²) in [7, 11) is 0. The van der Waals surface area contributed by atoms with Crippen molar-refractivity contribution in [2.24, 2.45) is 5.92 Å². The molecule has 1 N–H and O–H groups in total. The lowest BCUT2D eigenvalue weighted by atomic mass is 9.99. The maximum Gasteiger partial charge on any atom is 0.237 e. The normalized spacial score (nSPS) is 28.2. The zero-order valence-electron chi connectivity index (χ0n) is 15.7. The summed E-state index contributed by atoms with van der Waals surface area (Å²) in [6, 6.07) is -0.188. The van der Waals surface area contributed by atoms with Crippen molar-refractivity contribution >= 4 is 11.8 Å². The van der Waals surface area contributed by atoms with Crippen LogP contribution in [0.3, 0.4) is 0 Å². The second kappa shape index (κ2) is 8.30. The van der Waals surface area contributed by atoms with Crippen LogP contribution >= 0.6 is 0 Å². The third kappa shape index (κ3) is 4.93. The molecule has 6 nitrogen and oxygen atoms in total. The molecule has 0 bridgehead atoms. The minimum absolute atomic E-state index is 0.0308. The van der Waals surface area contributed by atoms with Crippen LogP contribution in [0.15, 0.2) is 0 Å². The van der Waals surface area contributed by atoms with Gasteiger partial charge in [-0.3, -0.25) is 14.5 Å². The van der Waals surface area contributed by atoms with Crippen molar-refractivity contribution in [2.75, 3.05) is 26.2 Å². The van der Waals surface area contributed by atoms with Gasteiger partial charge in [0.15, 0.2) is 0 Å². The van der Waals surface area contributed by atoms with Crippen molar-refractivity contribution in [1.29, 1.82) is 0 Å². The number of hydrogen-bond donors (Lipinski definition) is 1. The number of likely N-dealkylation sites (tertiary alicyclic amines) is 1. The Kier molecular flexibility index (Phi) is 6.63. The number of nitrogens with zero attached hydrogens (tertiary/aromatic N) is 2. The molecule has 0 aromatic carbocycles. The van der Waals surface area contributed by atoms with Gasteiger partial charge in [0.2, 0.25) is 11.8 Å². The van der Waals surface area contributed by atoms with Gasteiger partial charge in [0.25, 0.3) is 0 Å². The molecule has 4 unspecified atom stereocenters. The zero-order valence-corrected chi connectivity index (χ0v) is 15.7. The molecule has 2 aliphatic rings. The average Bonchev–Trinajstić information content (AvgIpc) is 2.82. The molecule has 2 amide bonds. The van der Waals surface area contributed by atoms with Gasteiger partial charge in [-0.15, -0.1) is 0 Å². The highest BCUT2D eigenvalue weighted by atomic mass is 16.5. The molecule has 6 heteroatoms. The van der Waals surface area contributed by atoms with E-state index in [1.807, 2.05) is 11.8 Å². The van der Waals surface area contributed by atoms with Crippen molar-refractivity contribution in [3.63, 3.8) is 0 Å². The number of hydrogen-bond acceptors (Lipinski definition) is 4. The number of carbonyl (C=O) groups is 2. The smallest absolute Gasteiger partial charge is 0.237 e. The second-order valence-corrected chi connectivity index (χ2v) is 7.75. The Morgan fingerprint density at radius 2 is 1.88 bits per heavy atom. The lowest BCUT2D eigenvalue weighted by Crippen LogP contribution is -2.58. The minimum Gasteiger partial charge on any atom is -0.373 e. The van der Waals surface area contributed by atoms with E-state index in [1.54, 1.807) is 0 Å². The Morgan fingerprint density at radius 1 is 1.25 bits per heavy atom. The topological polar surface area (TPSA) is 61.9 Å². The highest BCUT2D eigenvalue weighted by Gasteiger charge is 2.34. The van der Waals surface area contributed by atoms with Crippen molar-refractivity contribution in [1.82, 2.24) is 15.1 Å². The Bertz CT molecular complexity index is 445. The lowest BCUT2D eigenvalue weighted by Gasteiger charge is -2.41. The molecule has 0 aromatic heterocycles. The molecule has 2 rings (SSSR count). The molecule has 2 saturated heterocycles. The fourth-order valence-corrected chi connectivity index (χ4v) is 3.94. The number of rotatable bonds is 6. The largest absolute Gasteiger partial charge is 0.373 e. The van der Waals surface area contributed by atoms with Gasteiger partial charge in [-0.2, -0.15) is 0 Å². The molecule has 0 aromatic rings. The number of morpholine rings is 1. The molecule has 2 heterocycles. The quantitative estimate of drug-likeness (QED) is 0.791. The number of nitrogens with one attached hydrogen (secondary N) is 1. The average molecular weight is 339 g/mol. The van der Waals surface area contributed by atoms with Crippen LogP contribution in [0, 0.1) is 5.92 Å². The van der Waals surface area contributed by atoms with Crippen LogP contribution < -0.4 is 5.32 Å². The first-order valence-electron chi connectivity index (χ1n) is 9.25. The first kappa shape index (κ1) is 19.2. The summed E-state index contributed by atoms with van der Waals surface area (Å²) in [4.78, 5) is 28.7. The van der Waals surface area contributed by atoms with Crippen LogP contribution in [0.25, 0.3) is 0 Å². The number of ether oxygens (including phenoxy) is 1. The maximum atomic E-state index is 12.9. The van der Waals surface area contributed by atoms with E-state index < -0.39 is 0 Å². The summed E-state index contributed by atoms with van der Waals surface area (Å²) in [6.07, 6.45) is 1.85. The Morgan fingerprint density at radius 3 is 2.38 bits per heavy atom. The SMILES string of the molecule is CC(CN1CCCC1=O)NC(=O)C(C(C)C)N1CC(C)OC(C)C1. The van der Waals surface area contributed by atoms with Crippen molar-refractivity contribution < 1.29 is 14.3 Å². The third-order valence-electron chi connectivity index (χ3n) is 4.80. The standard InChI is InChI=1S/C18H33N3O3/c1-12(2)17(21-10-14(4)24-15(5)11-21)18(23)19-13(3)9-20-8-6-7-16(20)22/h12-15,17H,6-11H2,1-5H3,(H,19,23). The fraction of sp³-hybridized carbons (Fsp3) is 0.889. The van der Waals surface area contributed by atoms with Gasteiger partial charge in [0, 0.05) is 38.6 Å². The summed E-state index contributed by atoms with van der Waals surface area (Å²) < 4.78 is 5.79. The Hall–Kier alpha value is -1.14. The molecule has 0 saturated carbocycles. The monoisotopic (exact) mass is 339 g/mol. The van der Waals surface area contributed by atoms with E-state index >= 15 is 0 Å². The van der Waals surface area contributed by atoms with Gasteiger partial charge >= 0.3 is 0 Å². The van der Waals surface area contributed by atoms with E-state index in [0.29, 0.717) is 13.0 Å². The molecule has 0 spiro atoms. The van der Waals surface area contributed by atoms with Crippen LogP contribution in [-0.4, -0.2) is 72.1 Å². The lowest BCUT2D eigenvalue weighted by molar-refractivity contribution is -0.137. The number of amides is 2. The van der Waals surface area contributed by atoms with Crippen molar-refractivity contribution in [3.8, 4) is 0 Å². The molecule has 2 aliphatic heterocycles. The Balaban J connectivity index is 1.94. The minimum atomic E-state index is -0.157. The molecule has 2 fully saturated rings. The van der Waals surface area contributed by atoms with Gasteiger partial charge in [-0.25, -0.2) is 0 Å². The molecular weight excluding hydrogens is 306 g/mol. The van der Waals surface area contributed by atoms with Gasteiger partial charge < -0.3 is 15.0 Å². The molecular formula is C18H33N3O3. The highest BCUT2D eigenvalue weighted by Crippen LogP contribution is 2.19. The summed E-state index contributed by atoms with van der Waals surface area (Å²) in [5.74, 6) is 0.487. The summed E-state index contributed by atoms with van der Waals surface area (Å²) in [5.41, 5.74) is 0. The van der Waals surface area contributed by atoms with Crippen LogP contribution in [0.1, 0.15) is 47.5 Å². The Labute approximate surface area is 145 Å². The van der Waals surface area contributed by atoms with Crippen LogP contribution in [0.2, 0.25) is 0 Å².